The van der Waals surface area contributed by atoms with Crippen molar-refractivity contribution in [3.8, 4) is 17.2 Å². The van der Waals surface area contributed by atoms with Crippen molar-refractivity contribution in [2.75, 3.05) is 13.2 Å². The van der Waals surface area contributed by atoms with Crippen LogP contribution in [0.15, 0.2) is 77.8 Å². The topological polar surface area (TPSA) is 57.1 Å². The Morgan fingerprint density at radius 1 is 0.737 bits per heavy atom. The van der Waals surface area contributed by atoms with Gasteiger partial charge in [0.1, 0.15) is 17.2 Å². The highest BCUT2D eigenvalue weighted by molar-refractivity contribution is 5.91. The zero-order valence-corrected chi connectivity index (χ0v) is 23.0. The Kier molecular flexibility index (Phi) is 12.4. The first-order valence-corrected chi connectivity index (χ1v) is 13.9. The van der Waals surface area contributed by atoms with Gasteiger partial charge in [0.25, 0.3) is 0 Å². The summed E-state index contributed by atoms with van der Waals surface area (Å²) in [6, 6.07) is 22.1. The summed E-state index contributed by atoms with van der Waals surface area (Å²) in [6.07, 6.45) is 10.2. The summed E-state index contributed by atoms with van der Waals surface area (Å²) in [5, 5.41) is 0. The monoisotopic (exact) mass is 515 g/mol. The molecule has 0 bridgehead atoms. The van der Waals surface area contributed by atoms with Crippen molar-refractivity contribution in [1.82, 2.24) is 0 Å². The summed E-state index contributed by atoms with van der Waals surface area (Å²) in [5.74, 6) is 2.33. The highest BCUT2D eigenvalue weighted by atomic mass is 16.5. The molecule has 5 heteroatoms. The molecule has 0 atom stereocenters. The van der Waals surface area contributed by atoms with E-state index >= 15 is 0 Å². The summed E-state index contributed by atoms with van der Waals surface area (Å²) in [6.45, 7) is 8.01. The summed E-state index contributed by atoms with van der Waals surface area (Å²) < 4.78 is 17.1. The third kappa shape index (κ3) is 10.8. The second-order valence-corrected chi connectivity index (χ2v) is 9.88. The summed E-state index contributed by atoms with van der Waals surface area (Å²) >= 11 is 0. The van der Waals surface area contributed by atoms with Gasteiger partial charge in [0.05, 0.1) is 24.5 Å². The molecule has 0 aliphatic heterocycles. The smallest absolute Gasteiger partial charge is 0.343 e. The Balaban J connectivity index is 1.42. The molecule has 0 aromatic heterocycles. The van der Waals surface area contributed by atoms with Gasteiger partial charge in [-0.05, 0) is 97.1 Å². The zero-order valence-electron chi connectivity index (χ0n) is 23.0. The Morgan fingerprint density at radius 3 is 1.97 bits per heavy atom. The summed E-state index contributed by atoms with van der Waals surface area (Å²) in [5.41, 5.74) is 2.24. The molecule has 38 heavy (non-hydrogen) atoms. The number of aliphatic imine (C=N–C) groups is 1. The number of hydrogen-bond acceptors (Lipinski definition) is 5. The molecule has 3 aromatic carbocycles. The Morgan fingerprint density at radius 2 is 1.32 bits per heavy atom. The molecule has 3 aromatic rings. The Labute approximate surface area is 227 Å². The minimum absolute atomic E-state index is 0.399. The summed E-state index contributed by atoms with van der Waals surface area (Å²) in [4.78, 5) is 17.0. The SMILES string of the molecule is CCCCCCCCOc1ccc(C(=O)Oc2ccc(C=Nc3ccc(OCCC(C)C)cc3)cc2)cc1. The van der Waals surface area contributed by atoms with E-state index in [0.717, 1.165) is 42.2 Å². The molecule has 0 heterocycles. The van der Waals surface area contributed by atoms with E-state index in [0.29, 0.717) is 23.8 Å². The number of carbonyl (C=O) groups excluding carboxylic acids is 1. The molecule has 0 saturated carbocycles. The molecule has 0 fully saturated rings. The highest BCUT2D eigenvalue weighted by Crippen LogP contribution is 2.20. The lowest BCUT2D eigenvalue weighted by atomic mass is 10.1. The molecule has 3 rings (SSSR count). The predicted octanol–water partition coefficient (Wildman–Crippen LogP) is 8.82. The van der Waals surface area contributed by atoms with Crippen molar-refractivity contribution in [2.45, 2.75) is 65.7 Å². The van der Waals surface area contributed by atoms with E-state index in [-0.39, 0.29) is 0 Å². The fraction of sp³-hybridized carbons (Fsp3) is 0.394. The molecule has 0 aliphatic rings. The number of nitrogens with zero attached hydrogens (tertiary/aromatic N) is 1. The van der Waals surface area contributed by atoms with Crippen molar-refractivity contribution >= 4 is 17.9 Å². The van der Waals surface area contributed by atoms with Crippen LogP contribution in [0.1, 0.15) is 81.6 Å². The van der Waals surface area contributed by atoms with E-state index < -0.39 is 5.97 Å². The lowest BCUT2D eigenvalue weighted by Crippen LogP contribution is -2.08. The van der Waals surface area contributed by atoms with Gasteiger partial charge in [0.15, 0.2) is 0 Å². The van der Waals surface area contributed by atoms with Crippen molar-refractivity contribution in [3.63, 3.8) is 0 Å². The number of hydrogen-bond donors (Lipinski definition) is 0. The average molecular weight is 516 g/mol. The first-order valence-electron chi connectivity index (χ1n) is 13.9. The number of esters is 1. The number of rotatable bonds is 16. The second kappa shape index (κ2) is 16.3. The lowest BCUT2D eigenvalue weighted by Gasteiger charge is -2.08. The van der Waals surface area contributed by atoms with Crippen LogP contribution in [-0.2, 0) is 0 Å². The normalized spacial score (nSPS) is 11.2. The average Bonchev–Trinajstić information content (AvgIpc) is 2.93. The third-order valence-electron chi connectivity index (χ3n) is 6.11. The van der Waals surface area contributed by atoms with Crippen LogP contribution >= 0.6 is 0 Å². The largest absolute Gasteiger partial charge is 0.494 e. The fourth-order valence-electron chi connectivity index (χ4n) is 3.74. The molecule has 5 nitrogen and oxygen atoms in total. The van der Waals surface area contributed by atoms with Crippen LogP contribution in [0.2, 0.25) is 0 Å². The minimum atomic E-state index is -0.399. The van der Waals surface area contributed by atoms with Gasteiger partial charge in [-0.25, -0.2) is 4.79 Å². The van der Waals surface area contributed by atoms with Crippen LogP contribution in [0, 0.1) is 5.92 Å². The standard InChI is InChI=1S/C33H41NO4/c1-4-5-6-7-8-9-23-36-30-18-12-28(13-19-30)33(35)38-32-16-10-27(11-17-32)25-34-29-14-20-31(21-15-29)37-24-22-26(2)3/h10-21,25-26H,4-9,22-24H2,1-3H3. The van der Waals surface area contributed by atoms with Gasteiger partial charge in [-0.2, -0.15) is 0 Å². The van der Waals surface area contributed by atoms with Gasteiger partial charge < -0.3 is 14.2 Å². The number of benzene rings is 3. The van der Waals surface area contributed by atoms with Crippen molar-refractivity contribution in [2.24, 2.45) is 10.9 Å². The van der Waals surface area contributed by atoms with Gasteiger partial charge >= 0.3 is 5.97 Å². The molecule has 0 aliphatic carbocycles. The zero-order chi connectivity index (χ0) is 27.0. The molecule has 0 unspecified atom stereocenters. The molecular weight excluding hydrogens is 474 g/mol. The molecular formula is C33H41NO4. The van der Waals surface area contributed by atoms with E-state index in [9.17, 15) is 4.79 Å². The van der Waals surface area contributed by atoms with Gasteiger partial charge in [0.2, 0.25) is 0 Å². The van der Waals surface area contributed by atoms with E-state index in [4.69, 9.17) is 14.2 Å². The number of unbranched alkanes of at least 4 members (excludes halogenated alkanes) is 5. The quantitative estimate of drug-likeness (QED) is 0.0827. The van der Waals surface area contributed by atoms with Crippen molar-refractivity contribution < 1.29 is 19.0 Å². The number of ether oxygens (including phenoxy) is 3. The summed E-state index contributed by atoms with van der Waals surface area (Å²) in [7, 11) is 0. The van der Waals surface area contributed by atoms with Crippen molar-refractivity contribution in [3.05, 3.63) is 83.9 Å². The van der Waals surface area contributed by atoms with Crippen LogP contribution in [0.4, 0.5) is 5.69 Å². The Hall–Kier alpha value is -3.60. The minimum Gasteiger partial charge on any atom is -0.494 e. The molecule has 0 spiro atoms. The van der Waals surface area contributed by atoms with E-state index in [1.54, 1.807) is 30.5 Å². The first-order chi connectivity index (χ1) is 18.5. The van der Waals surface area contributed by atoms with Gasteiger partial charge in [0, 0.05) is 6.21 Å². The van der Waals surface area contributed by atoms with E-state index in [2.05, 4.69) is 25.8 Å². The number of carbonyl (C=O) groups is 1. The van der Waals surface area contributed by atoms with E-state index in [1.165, 1.54) is 32.1 Å². The van der Waals surface area contributed by atoms with Gasteiger partial charge in [-0.3, -0.25) is 4.99 Å². The predicted molar refractivity (Wildman–Crippen MR) is 155 cm³/mol. The van der Waals surface area contributed by atoms with Crippen LogP contribution < -0.4 is 14.2 Å². The maximum absolute atomic E-state index is 12.5. The maximum atomic E-state index is 12.5. The third-order valence-corrected chi connectivity index (χ3v) is 6.11. The second-order valence-electron chi connectivity index (χ2n) is 9.88. The Bertz CT molecular complexity index is 1100. The maximum Gasteiger partial charge on any atom is 0.343 e. The molecule has 202 valence electrons. The fourth-order valence-corrected chi connectivity index (χ4v) is 3.74. The van der Waals surface area contributed by atoms with Gasteiger partial charge in [-0.15, -0.1) is 0 Å². The van der Waals surface area contributed by atoms with Crippen LogP contribution in [0.3, 0.4) is 0 Å². The van der Waals surface area contributed by atoms with Crippen LogP contribution in [0.25, 0.3) is 0 Å². The molecule has 0 saturated heterocycles. The molecule has 0 N–H and O–H groups in total. The van der Waals surface area contributed by atoms with Crippen LogP contribution in [-0.4, -0.2) is 25.4 Å². The lowest BCUT2D eigenvalue weighted by molar-refractivity contribution is 0.0734. The van der Waals surface area contributed by atoms with Crippen LogP contribution in [0.5, 0.6) is 17.2 Å². The van der Waals surface area contributed by atoms with E-state index in [1.807, 2.05) is 48.5 Å². The highest BCUT2D eigenvalue weighted by Gasteiger charge is 2.09. The van der Waals surface area contributed by atoms with Crippen molar-refractivity contribution in [1.29, 1.82) is 0 Å². The molecule has 0 radical (unpaired) electrons. The first kappa shape index (κ1) is 29.0. The van der Waals surface area contributed by atoms with Gasteiger partial charge in [-0.1, -0.05) is 52.9 Å². The molecule has 0 amide bonds.